The topological polar surface area (TPSA) is 40.0 Å². The summed E-state index contributed by atoms with van der Waals surface area (Å²) in [6, 6.07) is 26.0. The van der Waals surface area contributed by atoms with Crippen LogP contribution in [0.2, 0.25) is 0 Å². The second-order valence-corrected chi connectivity index (χ2v) is 8.86. The number of halogens is 2. The monoisotopic (exact) mass is 483 g/mol. The zero-order valence-electron chi connectivity index (χ0n) is 18.9. The van der Waals surface area contributed by atoms with Crippen LogP contribution in [0.1, 0.15) is 30.5 Å². The van der Waals surface area contributed by atoms with Gasteiger partial charge < -0.3 is 14.3 Å². The molecule has 0 saturated carbocycles. The highest BCUT2D eigenvalue weighted by atomic mass is 35.5. The van der Waals surface area contributed by atoms with Crippen molar-refractivity contribution in [2.75, 3.05) is 20.3 Å². The molecule has 0 amide bonds. The summed E-state index contributed by atoms with van der Waals surface area (Å²) in [7, 11) is 1.53. The lowest BCUT2D eigenvalue weighted by Gasteiger charge is -2.26. The first-order valence-electron chi connectivity index (χ1n) is 10.5. The fourth-order valence-corrected chi connectivity index (χ4v) is 3.48. The molecule has 0 radical (unpaired) electrons. The van der Waals surface area contributed by atoms with Crippen molar-refractivity contribution < 1.29 is 14.3 Å². The van der Waals surface area contributed by atoms with Crippen molar-refractivity contribution in [3.8, 4) is 11.5 Å². The Morgan fingerprint density at radius 3 is 1.88 bits per heavy atom. The summed E-state index contributed by atoms with van der Waals surface area (Å²) in [5.74, 6) is 1.53. The smallest absolute Gasteiger partial charge is 0.134 e. The van der Waals surface area contributed by atoms with E-state index in [1.165, 1.54) is 18.2 Å². The van der Waals surface area contributed by atoms with E-state index in [2.05, 4.69) is 43.3 Å². The van der Waals surface area contributed by atoms with Gasteiger partial charge in [0.05, 0.1) is 0 Å². The molecule has 0 N–H and O–H groups in total. The number of hydrogen-bond donors (Lipinski definition) is 0. The minimum absolute atomic E-state index is 0.191. The van der Waals surface area contributed by atoms with Crippen molar-refractivity contribution in [2.24, 2.45) is 5.16 Å². The summed E-state index contributed by atoms with van der Waals surface area (Å²) in [5.41, 5.74) is 3.85. The normalized spacial score (nSPS) is 11.6. The molecule has 0 saturated heterocycles. The van der Waals surface area contributed by atoms with E-state index in [0.717, 1.165) is 22.8 Å². The molecule has 4 nitrogen and oxygen atoms in total. The highest BCUT2D eigenvalue weighted by Crippen LogP contribution is 2.33. The fourth-order valence-electron chi connectivity index (χ4n) is 3.36. The van der Waals surface area contributed by atoms with Crippen molar-refractivity contribution in [3.05, 3.63) is 106 Å². The summed E-state index contributed by atoms with van der Waals surface area (Å²) in [4.78, 5) is 4.98. The van der Waals surface area contributed by atoms with Crippen molar-refractivity contribution >= 4 is 28.9 Å². The van der Waals surface area contributed by atoms with Crippen LogP contribution < -0.4 is 9.47 Å². The summed E-state index contributed by atoms with van der Waals surface area (Å²) in [6.07, 6.45) is 1.61. The molecule has 3 aromatic rings. The first kappa shape index (κ1) is 24.7. The number of hydrogen-bond acceptors (Lipinski definition) is 4. The van der Waals surface area contributed by atoms with Crippen molar-refractivity contribution in [3.63, 3.8) is 0 Å². The molecular formula is C27H27Cl2NO3. The van der Waals surface area contributed by atoms with Gasteiger partial charge in [0.2, 0.25) is 0 Å². The lowest BCUT2D eigenvalue weighted by Crippen LogP contribution is -2.19. The average molecular weight is 484 g/mol. The third-order valence-corrected chi connectivity index (χ3v) is 5.63. The minimum Gasteiger partial charge on any atom is -0.489 e. The minimum atomic E-state index is -0.191. The van der Waals surface area contributed by atoms with Crippen LogP contribution in [-0.2, 0) is 10.3 Å². The Kier molecular flexibility index (Phi) is 8.81. The highest BCUT2D eigenvalue weighted by molar-refractivity contribution is 6.55. The molecule has 0 spiro atoms. The van der Waals surface area contributed by atoms with E-state index in [1.54, 1.807) is 6.08 Å². The number of benzene rings is 3. The Balaban J connectivity index is 1.66. The molecule has 6 heteroatoms. The van der Waals surface area contributed by atoms with Gasteiger partial charge in [-0.2, -0.15) is 0 Å². The van der Waals surface area contributed by atoms with Gasteiger partial charge >= 0.3 is 0 Å². The van der Waals surface area contributed by atoms with Crippen LogP contribution in [-0.4, -0.2) is 26.0 Å². The maximum Gasteiger partial charge on any atom is 0.134 e. The Morgan fingerprint density at radius 1 is 0.818 bits per heavy atom. The molecule has 0 aliphatic carbocycles. The maximum absolute atomic E-state index is 5.97. The second kappa shape index (κ2) is 11.8. The molecule has 3 aromatic carbocycles. The van der Waals surface area contributed by atoms with Crippen LogP contribution in [0.3, 0.4) is 0 Å². The number of oxime groups is 1. The van der Waals surface area contributed by atoms with Gasteiger partial charge in [-0.15, -0.1) is 0 Å². The zero-order chi connectivity index (χ0) is 23.7. The third-order valence-electron chi connectivity index (χ3n) is 5.32. The molecule has 0 bridgehead atoms. The summed E-state index contributed by atoms with van der Waals surface area (Å²) in [5, 5.41) is 4.11. The third kappa shape index (κ3) is 7.01. The SMILES string of the molecule is CON=C(COc1ccc(C(C)(C)c2ccc(OCC=C(Cl)Cl)cc2)cc1)c1ccccc1. The second-order valence-electron chi connectivity index (χ2n) is 7.85. The molecule has 0 atom stereocenters. The van der Waals surface area contributed by atoms with Gasteiger partial charge in [0.15, 0.2) is 0 Å². The van der Waals surface area contributed by atoms with E-state index >= 15 is 0 Å². The molecule has 33 heavy (non-hydrogen) atoms. The highest BCUT2D eigenvalue weighted by Gasteiger charge is 2.23. The van der Waals surface area contributed by atoms with Crippen molar-refractivity contribution in [1.82, 2.24) is 0 Å². The molecule has 0 fully saturated rings. The van der Waals surface area contributed by atoms with E-state index in [4.69, 9.17) is 37.5 Å². The van der Waals surface area contributed by atoms with E-state index in [-0.39, 0.29) is 9.91 Å². The molecule has 0 aliphatic rings. The van der Waals surface area contributed by atoms with Gasteiger partial charge in [-0.1, -0.05) is 96.8 Å². The van der Waals surface area contributed by atoms with Gasteiger partial charge in [-0.25, -0.2) is 0 Å². The maximum atomic E-state index is 5.97. The number of nitrogens with zero attached hydrogens (tertiary/aromatic N) is 1. The van der Waals surface area contributed by atoms with E-state index in [0.29, 0.717) is 13.2 Å². The standard InChI is InChI=1S/C27H27Cl2NO3/c1-27(2,21-9-13-23(14-10-21)32-18-17-26(28)29)22-11-15-24(16-12-22)33-19-25(30-31-3)20-7-5-4-6-8-20/h4-17H,18-19H2,1-3H3. The van der Waals surface area contributed by atoms with Crippen LogP contribution in [0, 0.1) is 0 Å². The molecule has 0 unspecified atom stereocenters. The van der Waals surface area contributed by atoms with Gasteiger partial charge in [-0.3, -0.25) is 0 Å². The van der Waals surface area contributed by atoms with Crippen LogP contribution in [0.5, 0.6) is 11.5 Å². The predicted octanol–water partition coefficient (Wildman–Crippen LogP) is 7.14. The lowest BCUT2D eigenvalue weighted by atomic mass is 9.78. The lowest BCUT2D eigenvalue weighted by molar-refractivity contribution is 0.210. The fraction of sp³-hybridized carbons (Fsp3) is 0.222. The molecule has 172 valence electrons. The van der Waals surface area contributed by atoms with Gasteiger partial charge in [0.25, 0.3) is 0 Å². The van der Waals surface area contributed by atoms with Gasteiger partial charge in [0, 0.05) is 11.0 Å². The first-order chi connectivity index (χ1) is 15.9. The largest absolute Gasteiger partial charge is 0.489 e. The van der Waals surface area contributed by atoms with E-state index < -0.39 is 0 Å². The van der Waals surface area contributed by atoms with E-state index in [9.17, 15) is 0 Å². The summed E-state index contributed by atoms with van der Waals surface area (Å²) >= 11 is 11.2. The summed E-state index contributed by atoms with van der Waals surface area (Å²) in [6.45, 7) is 5.01. The predicted molar refractivity (Wildman–Crippen MR) is 136 cm³/mol. The molecule has 0 aromatic heterocycles. The molecule has 3 rings (SSSR count). The van der Waals surface area contributed by atoms with Crippen LogP contribution in [0.15, 0.2) is 94.6 Å². The first-order valence-corrected chi connectivity index (χ1v) is 11.3. The zero-order valence-corrected chi connectivity index (χ0v) is 20.4. The Morgan fingerprint density at radius 2 is 1.36 bits per heavy atom. The summed E-state index contributed by atoms with van der Waals surface area (Å²) < 4.78 is 11.8. The molecule has 0 heterocycles. The molecule has 0 aliphatic heterocycles. The molecular weight excluding hydrogens is 457 g/mol. The number of rotatable bonds is 10. The van der Waals surface area contributed by atoms with Crippen LogP contribution in [0.25, 0.3) is 0 Å². The van der Waals surface area contributed by atoms with Gasteiger partial charge in [0.1, 0.15) is 42.0 Å². The van der Waals surface area contributed by atoms with Crippen molar-refractivity contribution in [1.29, 1.82) is 0 Å². The van der Waals surface area contributed by atoms with Crippen LogP contribution >= 0.6 is 23.2 Å². The van der Waals surface area contributed by atoms with Crippen LogP contribution in [0.4, 0.5) is 0 Å². The van der Waals surface area contributed by atoms with Crippen molar-refractivity contribution in [2.45, 2.75) is 19.3 Å². The average Bonchev–Trinajstić information content (AvgIpc) is 2.83. The Labute approximate surface area is 205 Å². The Bertz CT molecular complexity index is 1070. The quantitative estimate of drug-likeness (QED) is 0.227. The Hall–Kier alpha value is -2.95. The number of ether oxygens (including phenoxy) is 2. The van der Waals surface area contributed by atoms with E-state index in [1.807, 2.05) is 54.6 Å². The van der Waals surface area contributed by atoms with Gasteiger partial charge in [-0.05, 0) is 41.5 Å².